The molecule has 1 aromatic rings. The number of hydrogen-bond donors (Lipinski definition) is 0. The second-order valence-corrected chi connectivity index (χ2v) is 5.70. The average molecular weight is 310 g/mol. The first kappa shape index (κ1) is 15.6. The number of piperazine rings is 1. The molecule has 0 radical (unpaired) electrons. The van der Waals surface area contributed by atoms with Crippen molar-refractivity contribution in [2.24, 2.45) is 0 Å². The van der Waals surface area contributed by atoms with E-state index in [2.05, 4.69) is 0 Å². The Morgan fingerprint density at radius 1 is 1.05 bits per heavy atom. The number of urea groups is 1. The van der Waals surface area contributed by atoms with E-state index in [-0.39, 0.29) is 11.9 Å². The minimum atomic E-state index is -0.665. The number of carbonyl (C=O) groups is 2. The predicted molar refractivity (Wildman–Crippen MR) is 82.3 cm³/mol. The maximum absolute atomic E-state index is 12.4. The van der Waals surface area contributed by atoms with E-state index < -0.39 is 5.38 Å². The maximum atomic E-state index is 12.4. The fourth-order valence-electron chi connectivity index (χ4n) is 2.33. The third-order valence-corrected chi connectivity index (χ3v) is 3.99. The number of nitrogens with zero attached hydrogens (tertiary/aromatic N) is 3. The molecule has 6 heteroatoms. The first-order valence-electron chi connectivity index (χ1n) is 6.94. The van der Waals surface area contributed by atoms with Crippen LogP contribution in [0.2, 0.25) is 0 Å². The van der Waals surface area contributed by atoms with E-state index >= 15 is 0 Å². The maximum Gasteiger partial charge on any atom is 0.319 e. The van der Waals surface area contributed by atoms with E-state index in [1.165, 1.54) is 0 Å². The van der Waals surface area contributed by atoms with Crippen molar-refractivity contribution < 1.29 is 9.59 Å². The molecule has 0 saturated carbocycles. The summed E-state index contributed by atoms with van der Waals surface area (Å²) in [7, 11) is 3.45. The van der Waals surface area contributed by atoms with Crippen molar-refractivity contribution in [1.29, 1.82) is 0 Å². The van der Waals surface area contributed by atoms with Crippen LogP contribution < -0.4 is 0 Å². The van der Waals surface area contributed by atoms with Crippen molar-refractivity contribution >= 4 is 23.5 Å². The van der Waals surface area contributed by atoms with Gasteiger partial charge < -0.3 is 14.7 Å². The summed E-state index contributed by atoms with van der Waals surface area (Å²) in [5.41, 5.74) is 0.802. The van der Waals surface area contributed by atoms with E-state index in [0.717, 1.165) is 5.56 Å². The molecule has 0 aromatic heterocycles. The van der Waals surface area contributed by atoms with Crippen LogP contribution >= 0.6 is 11.6 Å². The average Bonchev–Trinajstić information content (AvgIpc) is 2.53. The molecule has 1 atom stereocenters. The van der Waals surface area contributed by atoms with Crippen LogP contribution in [0, 0.1) is 0 Å². The van der Waals surface area contributed by atoms with E-state index in [1.807, 2.05) is 30.3 Å². The van der Waals surface area contributed by atoms with Crippen LogP contribution in [0.5, 0.6) is 0 Å². The van der Waals surface area contributed by atoms with Crippen LogP contribution in [0.4, 0.5) is 4.79 Å². The van der Waals surface area contributed by atoms with Crippen molar-refractivity contribution in [2.45, 2.75) is 5.38 Å². The lowest BCUT2D eigenvalue weighted by Gasteiger charge is -2.36. The van der Waals surface area contributed by atoms with E-state index in [1.54, 1.807) is 28.8 Å². The number of hydrogen-bond acceptors (Lipinski definition) is 2. The van der Waals surface area contributed by atoms with Gasteiger partial charge in [-0.25, -0.2) is 4.79 Å². The molecule has 5 nitrogen and oxygen atoms in total. The number of alkyl halides is 1. The summed E-state index contributed by atoms with van der Waals surface area (Å²) >= 11 is 6.26. The normalized spacial score (nSPS) is 16.5. The standard InChI is InChI=1S/C15H20ClN3O2/c1-17(2)15(21)19-10-8-18(9-11-19)14(20)13(16)12-6-4-3-5-7-12/h3-7,13H,8-11H2,1-2H3. The summed E-state index contributed by atoms with van der Waals surface area (Å²) in [5, 5.41) is -0.665. The van der Waals surface area contributed by atoms with Crippen molar-refractivity contribution in [2.75, 3.05) is 40.3 Å². The van der Waals surface area contributed by atoms with E-state index in [0.29, 0.717) is 26.2 Å². The Morgan fingerprint density at radius 3 is 2.10 bits per heavy atom. The molecule has 114 valence electrons. The van der Waals surface area contributed by atoms with E-state index in [4.69, 9.17) is 11.6 Å². The fourth-order valence-corrected chi connectivity index (χ4v) is 2.61. The van der Waals surface area contributed by atoms with Crippen molar-refractivity contribution in [3.05, 3.63) is 35.9 Å². The smallest absolute Gasteiger partial charge is 0.319 e. The Labute approximate surface area is 130 Å². The molecule has 3 amide bonds. The van der Waals surface area contributed by atoms with Gasteiger partial charge in [-0.2, -0.15) is 0 Å². The monoisotopic (exact) mass is 309 g/mol. The number of halogens is 1. The predicted octanol–water partition coefficient (Wildman–Crippen LogP) is 1.79. The van der Waals surface area contributed by atoms with Crippen molar-refractivity contribution in [3.63, 3.8) is 0 Å². The Balaban J connectivity index is 1.93. The molecule has 2 rings (SSSR count). The molecule has 0 N–H and O–H groups in total. The summed E-state index contributed by atoms with van der Waals surface area (Å²) in [6.45, 7) is 2.13. The van der Waals surface area contributed by atoms with Gasteiger partial charge in [0, 0.05) is 40.3 Å². The molecule has 0 bridgehead atoms. The molecular weight excluding hydrogens is 290 g/mol. The molecule has 0 spiro atoms. The Bertz CT molecular complexity index is 499. The van der Waals surface area contributed by atoms with Gasteiger partial charge in [-0.1, -0.05) is 30.3 Å². The molecule has 1 aliphatic rings. The zero-order valence-electron chi connectivity index (χ0n) is 12.3. The first-order chi connectivity index (χ1) is 10.0. The third kappa shape index (κ3) is 3.67. The number of rotatable bonds is 2. The molecule has 1 saturated heterocycles. The van der Waals surface area contributed by atoms with Gasteiger partial charge in [0.1, 0.15) is 5.38 Å². The molecule has 1 aliphatic heterocycles. The number of amides is 3. The zero-order valence-corrected chi connectivity index (χ0v) is 13.1. The lowest BCUT2D eigenvalue weighted by molar-refractivity contribution is -0.132. The van der Waals surface area contributed by atoms with Crippen LogP contribution in [-0.2, 0) is 4.79 Å². The topological polar surface area (TPSA) is 43.9 Å². The van der Waals surface area contributed by atoms with Gasteiger partial charge in [-0.3, -0.25) is 4.79 Å². The summed E-state index contributed by atoms with van der Waals surface area (Å²) < 4.78 is 0. The van der Waals surface area contributed by atoms with Gasteiger partial charge >= 0.3 is 6.03 Å². The molecule has 0 aliphatic carbocycles. The van der Waals surface area contributed by atoms with Crippen LogP contribution in [0.1, 0.15) is 10.9 Å². The van der Waals surface area contributed by atoms with Crippen molar-refractivity contribution in [1.82, 2.24) is 14.7 Å². The summed E-state index contributed by atoms with van der Waals surface area (Å²) in [6, 6.07) is 9.30. The molecule has 1 aromatic carbocycles. The lowest BCUT2D eigenvalue weighted by Crippen LogP contribution is -2.53. The van der Waals surface area contributed by atoms with Gasteiger partial charge in [0.25, 0.3) is 0 Å². The zero-order chi connectivity index (χ0) is 15.4. The lowest BCUT2D eigenvalue weighted by atomic mass is 10.1. The van der Waals surface area contributed by atoms with Crippen LogP contribution in [0.3, 0.4) is 0 Å². The highest BCUT2D eigenvalue weighted by atomic mass is 35.5. The van der Waals surface area contributed by atoms with Gasteiger partial charge in [0.15, 0.2) is 0 Å². The minimum Gasteiger partial charge on any atom is -0.338 e. The minimum absolute atomic E-state index is 0.0208. The van der Waals surface area contributed by atoms with Gasteiger partial charge in [-0.15, -0.1) is 11.6 Å². The Kier molecular flexibility index (Phi) is 5.07. The highest BCUT2D eigenvalue weighted by molar-refractivity contribution is 6.30. The molecule has 1 fully saturated rings. The largest absolute Gasteiger partial charge is 0.338 e. The van der Waals surface area contributed by atoms with Crippen LogP contribution in [0.25, 0.3) is 0 Å². The second-order valence-electron chi connectivity index (χ2n) is 5.26. The van der Waals surface area contributed by atoms with Crippen LogP contribution in [-0.4, -0.2) is 66.9 Å². The summed E-state index contributed by atoms with van der Waals surface area (Å²) in [6.07, 6.45) is 0. The highest BCUT2D eigenvalue weighted by Crippen LogP contribution is 2.23. The number of carbonyl (C=O) groups excluding carboxylic acids is 2. The quantitative estimate of drug-likeness (QED) is 0.782. The van der Waals surface area contributed by atoms with Crippen molar-refractivity contribution in [3.8, 4) is 0 Å². The van der Waals surface area contributed by atoms with Gasteiger partial charge in [-0.05, 0) is 5.56 Å². The molecule has 1 unspecified atom stereocenters. The fraction of sp³-hybridized carbons (Fsp3) is 0.467. The second kappa shape index (κ2) is 6.80. The molecule has 1 heterocycles. The molecule has 21 heavy (non-hydrogen) atoms. The Hall–Kier alpha value is -1.75. The number of benzene rings is 1. The Morgan fingerprint density at radius 2 is 1.57 bits per heavy atom. The molecular formula is C15H20ClN3O2. The van der Waals surface area contributed by atoms with E-state index in [9.17, 15) is 9.59 Å². The van der Waals surface area contributed by atoms with Gasteiger partial charge in [0.05, 0.1) is 0 Å². The van der Waals surface area contributed by atoms with Crippen LogP contribution in [0.15, 0.2) is 30.3 Å². The first-order valence-corrected chi connectivity index (χ1v) is 7.38. The SMILES string of the molecule is CN(C)C(=O)N1CCN(C(=O)C(Cl)c2ccccc2)CC1. The summed E-state index contributed by atoms with van der Waals surface area (Å²) in [5.74, 6) is -0.0974. The summed E-state index contributed by atoms with van der Waals surface area (Å²) in [4.78, 5) is 29.3. The third-order valence-electron chi connectivity index (χ3n) is 3.55. The highest BCUT2D eigenvalue weighted by Gasteiger charge is 2.28. The van der Waals surface area contributed by atoms with Gasteiger partial charge in [0.2, 0.25) is 5.91 Å².